The quantitative estimate of drug-likeness (QED) is 0.722. The molecule has 0 unspecified atom stereocenters. The lowest BCUT2D eigenvalue weighted by Gasteiger charge is -2.16. The maximum atomic E-state index is 14.4. The van der Waals surface area contributed by atoms with Crippen LogP contribution in [0.1, 0.15) is 6.92 Å². The summed E-state index contributed by atoms with van der Waals surface area (Å²) in [5, 5.41) is 9.39. The topological polar surface area (TPSA) is 50.9 Å². The van der Waals surface area contributed by atoms with E-state index >= 15 is 0 Å². The van der Waals surface area contributed by atoms with Gasteiger partial charge in [-0.05, 0) is 31.2 Å². The summed E-state index contributed by atoms with van der Waals surface area (Å²) in [7, 11) is 1.27. The van der Waals surface area contributed by atoms with Gasteiger partial charge in [0.25, 0.3) is 0 Å². The van der Waals surface area contributed by atoms with Crippen molar-refractivity contribution in [2.75, 3.05) is 7.11 Å². The Bertz CT molecular complexity index is 1000. The minimum absolute atomic E-state index is 0.0371. The molecule has 2 aromatic heterocycles. The Hall–Kier alpha value is -2.47. The molecule has 4 nitrogen and oxygen atoms in total. The van der Waals surface area contributed by atoms with E-state index in [1.54, 1.807) is 16.7 Å². The minimum atomic E-state index is -0.689. The van der Waals surface area contributed by atoms with Crippen molar-refractivity contribution < 1.29 is 13.5 Å². The van der Waals surface area contributed by atoms with Crippen LogP contribution in [0.2, 0.25) is 5.15 Å². The molecular weight excluding hydrogens is 336 g/mol. The van der Waals surface area contributed by atoms with E-state index in [1.807, 2.05) is 6.92 Å². The first-order chi connectivity index (χ1) is 11.5. The van der Waals surface area contributed by atoms with Crippen LogP contribution in [-0.4, -0.2) is 16.7 Å². The van der Waals surface area contributed by atoms with Crippen LogP contribution in [0.4, 0.5) is 8.78 Å². The molecule has 0 spiro atoms. The summed E-state index contributed by atoms with van der Waals surface area (Å²) >= 11 is 5.94. The molecule has 0 radical (unpaired) electrons. The Morgan fingerprint density at radius 1 is 1.25 bits per heavy atom. The van der Waals surface area contributed by atoms with Gasteiger partial charge >= 0.3 is 0 Å². The van der Waals surface area contributed by atoms with Crippen molar-refractivity contribution >= 4 is 22.5 Å². The van der Waals surface area contributed by atoms with Gasteiger partial charge in [0, 0.05) is 23.7 Å². The Morgan fingerprint density at radius 3 is 2.62 bits per heavy atom. The molecule has 0 aliphatic carbocycles. The summed E-state index contributed by atoms with van der Waals surface area (Å²) in [5.41, 5.74) is 0.876. The summed E-state index contributed by atoms with van der Waals surface area (Å²) in [6.07, 6.45) is 1.54. The Balaban J connectivity index is 2.45. The van der Waals surface area contributed by atoms with Crippen LogP contribution >= 0.6 is 11.6 Å². The summed E-state index contributed by atoms with van der Waals surface area (Å²) in [5.74, 6) is -1.58. The number of nitrogens with zero attached hydrogens (tertiary/aromatic N) is 2. The molecule has 124 valence electrons. The molecule has 1 aromatic carbocycles. The van der Waals surface area contributed by atoms with Crippen molar-refractivity contribution in [1.29, 1.82) is 5.41 Å². The van der Waals surface area contributed by atoms with Crippen molar-refractivity contribution in [1.82, 2.24) is 9.55 Å². The van der Waals surface area contributed by atoms with Gasteiger partial charge < -0.3 is 9.30 Å². The van der Waals surface area contributed by atoms with Crippen LogP contribution in [0.25, 0.3) is 22.0 Å². The van der Waals surface area contributed by atoms with E-state index in [1.165, 1.54) is 13.3 Å². The van der Waals surface area contributed by atoms with E-state index < -0.39 is 11.6 Å². The number of halogens is 3. The zero-order valence-electron chi connectivity index (χ0n) is 13.0. The number of aryl methyl sites for hydroxylation is 1. The molecule has 0 saturated heterocycles. The third-order valence-corrected chi connectivity index (χ3v) is 4.05. The van der Waals surface area contributed by atoms with Crippen molar-refractivity contribution in [2.45, 2.75) is 13.5 Å². The Labute approximate surface area is 141 Å². The number of pyridine rings is 2. The van der Waals surface area contributed by atoms with E-state index in [-0.39, 0.29) is 22.4 Å². The van der Waals surface area contributed by atoms with Gasteiger partial charge in [0.15, 0.2) is 11.6 Å². The number of methoxy groups -OCH3 is 1. The molecule has 0 atom stereocenters. The van der Waals surface area contributed by atoms with E-state index in [0.29, 0.717) is 22.6 Å². The number of fused-ring (bicyclic) bond motifs is 1. The summed E-state index contributed by atoms with van der Waals surface area (Å²) in [4.78, 5) is 4.02. The van der Waals surface area contributed by atoms with Crippen molar-refractivity contribution in [2.24, 2.45) is 0 Å². The van der Waals surface area contributed by atoms with Gasteiger partial charge in [-0.1, -0.05) is 11.6 Å². The van der Waals surface area contributed by atoms with Crippen LogP contribution in [0.15, 0.2) is 30.5 Å². The Kier molecular flexibility index (Phi) is 4.24. The second-order valence-corrected chi connectivity index (χ2v) is 5.54. The molecule has 0 fully saturated rings. The number of hydrogen-bond acceptors (Lipinski definition) is 3. The number of ether oxygens (including phenoxy) is 1. The van der Waals surface area contributed by atoms with Gasteiger partial charge in [0.2, 0.25) is 0 Å². The first-order valence-electron chi connectivity index (χ1n) is 7.24. The maximum Gasteiger partial charge on any atom is 0.165 e. The maximum absolute atomic E-state index is 14.4. The van der Waals surface area contributed by atoms with Crippen LogP contribution < -0.4 is 10.2 Å². The normalized spacial score (nSPS) is 11.0. The molecule has 1 N–H and O–H groups in total. The lowest BCUT2D eigenvalue weighted by Crippen LogP contribution is -2.22. The zero-order valence-corrected chi connectivity index (χ0v) is 13.8. The first kappa shape index (κ1) is 16.4. The largest absolute Gasteiger partial charge is 0.493 e. The average molecular weight is 350 g/mol. The fourth-order valence-electron chi connectivity index (χ4n) is 2.77. The number of benzene rings is 1. The lowest BCUT2D eigenvalue weighted by atomic mass is 10.0. The van der Waals surface area contributed by atoms with Gasteiger partial charge in [-0.15, -0.1) is 0 Å². The molecule has 0 bridgehead atoms. The second kappa shape index (κ2) is 6.20. The smallest absolute Gasteiger partial charge is 0.165 e. The fourth-order valence-corrected chi connectivity index (χ4v) is 2.92. The highest BCUT2D eigenvalue weighted by molar-refractivity contribution is 6.30. The molecule has 3 rings (SSSR count). The first-order valence-corrected chi connectivity index (χ1v) is 7.61. The summed E-state index contributed by atoms with van der Waals surface area (Å²) in [6, 6.07) is 5.25. The SMILES string of the molecule is CCn1c(=N)c(-c2c(F)ccc(F)c2OC)cc2cnc(Cl)cc21. The van der Waals surface area contributed by atoms with E-state index in [9.17, 15) is 8.78 Å². The third kappa shape index (κ3) is 2.53. The predicted molar refractivity (Wildman–Crippen MR) is 88.2 cm³/mol. The number of hydrogen-bond donors (Lipinski definition) is 1. The molecule has 0 aliphatic rings. The van der Waals surface area contributed by atoms with Crippen LogP contribution in [-0.2, 0) is 6.54 Å². The fraction of sp³-hybridized carbons (Fsp3) is 0.176. The van der Waals surface area contributed by atoms with Crippen LogP contribution in [0.3, 0.4) is 0 Å². The molecule has 2 heterocycles. The standard InChI is InChI=1S/C17H14ClF2N3O/c1-3-23-13-7-14(18)22-8-9(13)6-10(17(23)21)15-11(19)4-5-12(20)16(15)24-2/h4-8,21H,3H2,1-2H3. The summed E-state index contributed by atoms with van der Waals surface area (Å²) in [6.45, 7) is 2.32. The molecule has 24 heavy (non-hydrogen) atoms. The highest BCUT2D eigenvalue weighted by Gasteiger charge is 2.20. The lowest BCUT2D eigenvalue weighted by molar-refractivity contribution is 0.385. The molecule has 0 saturated carbocycles. The number of nitrogens with one attached hydrogen (secondary N) is 1. The molecule has 7 heteroatoms. The van der Waals surface area contributed by atoms with Crippen molar-refractivity contribution in [3.63, 3.8) is 0 Å². The van der Waals surface area contributed by atoms with Gasteiger partial charge in [-0.2, -0.15) is 0 Å². The highest BCUT2D eigenvalue weighted by Crippen LogP contribution is 2.34. The number of rotatable bonds is 3. The predicted octanol–water partition coefficient (Wildman–Crippen LogP) is 4.14. The molecule has 3 aromatic rings. The van der Waals surface area contributed by atoms with Gasteiger partial charge in [0.1, 0.15) is 16.5 Å². The van der Waals surface area contributed by atoms with Crippen LogP contribution in [0.5, 0.6) is 5.75 Å². The van der Waals surface area contributed by atoms with Crippen LogP contribution in [0, 0.1) is 17.0 Å². The molecule has 0 amide bonds. The van der Waals surface area contributed by atoms with Crippen molar-refractivity contribution in [3.05, 3.63) is 52.7 Å². The van der Waals surface area contributed by atoms with Gasteiger partial charge in [-0.3, -0.25) is 5.41 Å². The van der Waals surface area contributed by atoms with Gasteiger partial charge in [-0.25, -0.2) is 13.8 Å². The molecule has 0 aliphatic heterocycles. The third-order valence-electron chi connectivity index (χ3n) is 3.84. The highest BCUT2D eigenvalue weighted by atomic mass is 35.5. The molecular formula is C17H14ClF2N3O. The van der Waals surface area contributed by atoms with E-state index in [2.05, 4.69) is 4.98 Å². The second-order valence-electron chi connectivity index (χ2n) is 5.15. The zero-order chi connectivity index (χ0) is 17.4. The number of aromatic nitrogens is 2. The Morgan fingerprint density at radius 2 is 1.96 bits per heavy atom. The van der Waals surface area contributed by atoms with Crippen molar-refractivity contribution in [3.8, 4) is 16.9 Å². The minimum Gasteiger partial charge on any atom is -0.493 e. The summed E-state index contributed by atoms with van der Waals surface area (Å²) < 4.78 is 35.1. The monoisotopic (exact) mass is 349 g/mol. The van der Waals surface area contributed by atoms with Gasteiger partial charge in [0.05, 0.1) is 18.2 Å². The van der Waals surface area contributed by atoms with E-state index in [0.717, 1.165) is 12.1 Å². The average Bonchev–Trinajstić information content (AvgIpc) is 2.56. The van der Waals surface area contributed by atoms with E-state index in [4.69, 9.17) is 21.7 Å².